The second kappa shape index (κ2) is 4.96. The average Bonchev–Trinajstić information content (AvgIpc) is 2.52. The first-order valence-corrected chi connectivity index (χ1v) is 5.29. The van der Waals surface area contributed by atoms with E-state index >= 15 is 0 Å². The molecule has 1 amide bonds. The van der Waals surface area contributed by atoms with Gasteiger partial charge in [0, 0.05) is 18.8 Å². The predicted octanol–water partition coefficient (Wildman–Crippen LogP) is 1.17. The van der Waals surface area contributed by atoms with Crippen molar-refractivity contribution in [3.63, 3.8) is 0 Å². The smallest absolute Gasteiger partial charge is 0.242 e. The van der Waals surface area contributed by atoms with Gasteiger partial charge in [-0.25, -0.2) is 4.98 Å². The number of aromatic nitrogens is 2. The van der Waals surface area contributed by atoms with Gasteiger partial charge in [0.25, 0.3) is 0 Å². The fourth-order valence-corrected chi connectivity index (χ4v) is 1.45. The van der Waals surface area contributed by atoms with E-state index in [1.807, 2.05) is 32.6 Å². The lowest BCUT2D eigenvalue weighted by atomic mass is 10.3. The standard InChI is InChI=1S/C11H18N3O/c1-5-13(6-2)11(15)7-14-8-12-9(3)10(14)4/h5-7H2,1-4H3. The second-order valence-corrected chi connectivity index (χ2v) is 3.53. The molecule has 15 heavy (non-hydrogen) atoms. The number of hydrogen-bond acceptors (Lipinski definition) is 2. The van der Waals surface area contributed by atoms with Crippen LogP contribution in [0.1, 0.15) is 25.2 Å². The number of carbonyl (C=O) groups is 1. The largest absolute Gasteiger partial charge is 0.342 e. The molecule has 0 spiro atoms. The van der Waals surface area contributed by atoms with Gasteiger partial charge in [0.2, 0.25) is 5.91 Å². The Labute approximate surface area is 90.9 Å². The Bertz CT molecular complexity index is 340. The number of rotatable bonds is 4. The second-order valence-electron chi connectivity index (χ2n) is 3.53. The Morgan fingerprint density at radius 3 is 2.40 bits per heavy atom. The van der Waals surface area contributed by atoms with Crippen molar-refractivity contribution in [3.8, 4) is 0 Å². The van der Waals surface area contributed by atoms with Crippen LogP contribution in [-0.4, -0.2) is 33.4 Å². The number of carbonyl (C=O) groups excluding carboxylic acids is 1. The molecule has 4 heteroatoms. The van der Waals surface area contributed by atoms with Gasteiger partial charge in [0.1, 0.15) is 6.54 Å². The number of imidazole rings is 1. The molecule has 1 heterocycles. The van der Waals surface area contributed by atoms with Gasteiger partial charge in [-0.15, -0.1) is 0 Å². The summed E-state index contributed by atoms with van der Waals surface area (Å²) in [5.41, 5.74) is 1.94. The highest BCUT2D eigenvalue weighted by molar-refractivity contribution is 5.76. The molecule has 0 unspecified atom stereocenters. The van der Waals surface area contributed by atoms with Crippen molar-refractivity contribution in [2.45, 2.75) is 34.2 Å². The molecule has 0 fully saturated rings. The summed E-state index contributed by atoms with van der Waals surface area (Å²) in [6.45, 7) is 9.69. The summed E-state index contributed by atoms with van der Waals surface area (Å²) in [4.78, 5) is 17.6. The summed E-state index contributed by atoms with van der Waals surface area (Å²) >= 11 is 0. The Hall–Kier alpha value is -1.32. The average molecular weight is 208 g/mol. The maximum absolute atomic E-state index is 11.8. The van der Waals surface area contributed by atoms with Crippen LogP contribution in [0, 0.1) is 20.2 Å². The van der Waals surface area contributed by atoms with Crippen LogP contribution in [0.25, 0.3) is 0 Å². The van der Waals surface area contributed by atoms with Gasteiger partial charge in [0.15, 0.2) is 6.33 Å². The van der Waals surface area contributed by atoms with E-state index in [-0.39, 0.29) is 5.91 Å². The van der Waals surface area contributed by atoms with Crippen molar-refractivity contribution in [3.05, 3.63) is 17.7 Å². The topological polar surface area (TPSA) is 38.1 Å². The Kier molecular flexibility index (Phi) is 3.88. The molecule has 0 aliphatic rings. The maximum Gasteiger partial charge on any atom is 0.242 e. The third-order valence-corrected chi connectivity index (χ3v) is 2.68. The van der Waals surface area contributed by atoms with Crippen LogP contribution in [-0.2, 0) is 11.3 Å². The minimum Gasteiger partial charge on any atom is -0.342 e. The monoisotopic (exact) mass is 208 g/mol. The number of hydrogen-bond donors (Lipinski definition) is 0. The first-order valence-electron chi connectivity index (χ1n) is 5.29. The SMILES string of the molecule is CCN(CC)C(=O)Cn1[c]nc(C)c1C. The zero-order valence-electron chi connectivity index (χ0n) is 9.87. The summed E-state index contributed by atoms with van der Waals surface area (Å²) in [6.07, 6.45) is 2.83. The van der Waals surface area contributed by atoms with Crippen LogP contribution >= 0.6 is 0 Å². The lowest BCUT2D eigenvalue weighted by Gasteiger charge is -2.18. The molecule has 0 atom stereocenters. The fraction of sp³-hybridized carbons (Fsp3) is 0.636. The Morgan fingerprint density at radius 2 is 2.00 bits per heavy atom. The van der Waals surface area contributed by atoms with Crippen LogP contribution in [0.15, 0.2) is 0 Å². The van der Waals surface area contributed by atoms with E-state index in [0.29, 0.717) is 6.54 Å². The molecular weight excluding hydrogens is 190 g/mol. The fourth-order valence-electron chi connectivity index (χ4n) is 1.45. The van der Waals surface area contributed by atoms with Gasteiger partial charge < -0.3 is 9.47 Å². The van der Waals surface area contributed by atoms with Crippen LogP contribution < -0.4 is 0 Å². The number of nitrogens with zero attached hydrogens (tertiary/aromatic N) is 3. The maximum atomic E-state index is 11.8. The van der Waals surface area contributed by atoms with Crippen molar-refractivity contribution >= 4 is 5.91 Å². The lowest BCUT2D eigenvalue weighted by Crippen LogP contribution is -2.33. The molecule has 0 aliphatic heterocycles. The van der Waals surface area contributed by atoms with Crippen molar-refractivity contribution in [2.24, 2.45) is 0 Å². The molecule has 83 valence electrons. The molecule has 1 rings (SSSR count). The predicted molar refractivity (Wildman–Crippen MR) is 58.5 cm³/mol. The van der Waals surface area contributed by atoms with E-state index in [0.717, 1.165) is 24.5 Å². The van der Waals surface area contributed by atoms with E-state index in [2.05, 4.69) is 11.3 Å². The normalized spacial score (nSPS) is 10.4. The van der Waals surface area contributed by atoms with Crippen LogP contribution in [0.4, 0.5) is 0 Å². The molecule has 0 saturated heterocycles. The third-order valence-electron chi connectivity index (χ3n) is 2.68. The minimum absolute atomic E-state index is 0.122. The summed E-state index contributed by atoms with van der Waals surface area (Å²) < 4.78 is 1.77. The van der Waals surface area contributed by atoms with Gasteiger partial charge in [-0.05, 0) is 27.7 Å². The van der Waals surface area contributed by atoms with Crippen LogP contribution in [0.5, 0.6) is 0 Å². The third kappa shape index (κ3) is 2.58. The summed E-state index contributed by atoms with van der Waals surface area (Å²) in [7, 11) is 0. The van der Waals surface area contributed by atoms with Gasteiger partial charge >= 0.3 is 0 Å². The van der Waals surface area contributed by atoms with E-state index < -0.39 is 0 Å². The molecule has 1 aromatic rings. The highest BCUT2D eigenvalue weighted by Gasteiger charge is 2.12. The minimum atomic E-state index is 0.122. The molecule has 0 N–H and O–H groups in total. The first-order chi connectivity index (χ1) is 7.10. The van der Waals surface area contributed by atoms with E-state index in [1.165, 1.54) is 0 Å². The highest BCUT2D eigenvalue weighted by atomic mass is 16.2. The molecular formula is C11H18N3O. The zero-order chi connectivity index (χ0) is 11.4. The summed E-state index contributed by atoms with van der Waals surface area (Å²) in [5.74, 6) is 0.122. The van der Waals surface area contributed by atoms with E-state index in [1.54, 1.807) is 4.57 Å². The number of likely N-dealkylation sites (N-methyl/N-ethyl adjacent to an activating group) is 1. The summed E-state index contributed by atoms with van der Waals surface area (Å²) in [6, 6.07) is 0. The number of aryl methyl sites for hydroxylation is 1. The molecule has 0 aromatic carbocycles. The quantitative estimate of drug-likeness (QED) is 0.745. The van der Waals surface area contributed by atoms with Crippen LogP contribution in [0.3, 0.4) is 0 Å². The van der Waals surface area contributed by atoms with Gasteiger partial charge in [-0.3, -0.25) is 4.79 Å². The van der Waals surface area contributed by atoms with E-state index in [4.69, 9.17) is 0 Å². The van der Waals surface area contributed by atoms with Gasteiger partial charge in [0.05, 0.1) is 5.69 Å². The molecule has 4 nitrogen and oxygen atoms in total. The molecule has 0 aliphatic carbocycles. The van der Waals surface area contributed by atoms with Crippen LogP contribution in [0.2, 0.25) is 0 Å². The van der Waals surface area contributed by atoms with Crippen molar-refractivity contribution in [2.75, 3.05) is 13.1 Å². The van der Waals surface area contributed by atoms with Crippen molar-refractivity contribution in [1.29, 1.82) is 0 Å². The molecule has 0 bridgehead atoms. The first kappa shape index (κ1) is 11.8. The molecule has 1 aromatic heterocycles. The van der Waals surface area contributed by atoms with E-state index in [9.17, 15) is 4.79 Å². The molecule has 0 saturated carbocycles. The van der Waals surface area contributed by atoms with Gasteiger partial charge in [-0.2, -0.15) is 0 Å². The zero-order valence-corrected chi connectivity index (χ0v) is 9.87. The lowest BCUT2D eigenvalue weighted by molar-refractivity contribution is -0.131. The van der Waals surface area contributed by atoms with Gasteiger partial charge in [-0.1, -0.05) is 0 Å². The molecule has 1 radical (unpaired) electrons. The Morgan fingerprint density at radius 1 is 1.40 bits per heavy atom. The van der Waals surface area contributed by atoms with Crippen molar-refractivity contribution < 1.29 is 4.79 Å². The summed E-state index contributed by atoms with van der Waals surface area (Å²) in [5, 5.41) is 0. The highest BCUT2D eigenvalue weighted by Crippen LogP contribution is 2.04. The number of amides is 1. The Balaban J connectivity index is 2.70. The van der Waals surface area contributed by atoms with Crippen molar-refractivity contribution in [1.82, 2.24) is 14.5 Å².